The second-order valence-electron chi connectivity index (χ2n) is 3.34. The van der Waals surface area contributed by atoms with Gasteiger partial charge in [-0.2, -0.15) is 0 Å². The summed E-state index contributed by atoms with van der Waals surface area (Å²) in [6, 6.07) is 3.91. The van der Waals surface area contributed by atoms with E-state index in [9.17, 15) is 0 Å². The van der Waals surface area contributed by atoms with Gasteiger partial charge in [-0.15, -0.1) is 5.10 Å². The SMILES string of the molecule is Cc1ccc(-n2cc(C)c(N)n2)nc1. The van der Waals surface area contributed by atoms with Gasteiger partial charge in [-0.3, -0.25) is 0 Å². The van der Waals surface area contributed by atoms with Crippen LogP contribution in [0.15, 0.2) is 24.5 Å². The largest absolute Gasteiger partial charge is 0.382 e. The average molecular weight is 188 g/mol. The van der Waals surface area contributed by atoms with Crippen molar-refractivity contribution >= 4 is 5.82 Å². The third-order valence-corrected chi connectivity index (χ3v) is 2.07. The van der Waals surface area contributed by atoms with Crippen LogP contribution in [0.3, 0.4) is 0 Å². The summed E-state index contributed by atoms with van der Waals surface area (Å²) in [5, 5.41) is 4.14. The van der Waals surface area contributed by atoms with Crippen molar-refractivity contribution in [3.8, 4) is 5.82 Å². The molecule has 0 amide bonds. The molecule has 0 aliphatic rings. The highest BCUT2D eigenvalue weighted by Gasteiger charge is 2.02. The highest BCUT2D eigenvalue weighted by Crippen LogP contribution is 2.10. The smallest absolute Gasteiger partial charge is 0.153 e. The van der Waals surface area contributed by atoms with Crippen molar-refractivity contribution in [2.45, 2.75) is 13.8 Å². The molecule has 2 rings (SSSR count). The molecule has 0 aliphatic heterocycles. The third-order valence-electron chi connectivity index (χ3n) is 2.07. The van der Waals surface area contributed by atoms with E-state index in [0.29, 0.717) is 5.82 Å². The molecule has 4 nitrogen and oxygen atoms in total. The molecule has 2 aromatic heterocycles. The van der Waals surface area contributed by atoms with Crippen LogP contribution in [0.4, 0.5) is 5.82 Å². The molecule has 0 atom stereocenters. The maximum Gasteiger partial charge on any atom is 0.153 e. The van der Waals surface area contributed by atoms with Gasteiger partial charge < -0.3 is 5.73 Å². The van der Waals surface area contributed by atoms with Gasteiger partial charge in [0.2, 0.25) is 0 Å². The Labute approximate surface area is 82.4 Å². The molecular weight excluding hydrogens is 176 g/mol. The monoisotopic (exact) mass is 188 g/mol. The Hall–Kier alpha value is -1.84. The minimum Gasteiger partial charge on any atom is -0.382 e. The van der Waals surface area contributed by atoms with Gasteiger partial charge in [-0.05, 0) is 25.5 Å². The number of aromatic nitrogens is 3. The van der Waals surface area contributed by atoms with E-state index in [1.165, 1.54) is 0 Å². The van der Waals surface area contributed by atoms with E-state index in [1.807, 2.05) is 38.4 Å². The first-order chi connectivity index (χ1) is 6.66. The summed E-state index contributed by atoms with van der Waals surface area (Å²) in [7, 11) is 0. The lowest BCUT2D eigenvalue weighted by Crippen LogP contribution is -1.98. The second kappa shape index (κ2) is 3.14. The molecule has 0 aromatic carbocycles. The third kappa shape index (κ3) is 1.46. The van der Waals surface area contributed by atoms with Crippen LogP contribution >= 0.6 is 0 Å². The standard InChI is InChI=1S/C10H12N4/c1-7-3-4-9(12-5-7)14-6-8(2)10(11)13-14/h3-6H,1-2H3,(H2,11,13). The van der Waals surface area contributed by atoms with E-state index in [2.05, 4.69) is 10.1 Å². The maximum atomic E-state index is 5.65. The Morgan fingerprint density at radius 1 is 1.29 bits per heavy atom. The first-order valence-corrected chi connectivity index (χ1v) is 4.41. The van der Waals surface area contributed by atoms with Gasteiger partial charge in [0.1, 0.15) is 5.82 Å². The lowest BCUT2D eigenvalue weighted by molar-refractivity contribution is 0.849. The van der Waals surface area contributed by atoms with Gasteiger partial charge in [0.15, 0.2) is 5.82 Å². The van der Waals surface area contributed by atoms with Crippen molar-refractivity contribution in [2.75, 3.05) is 5.73 Å². The topological polar surface area (TPSA) is 56.7 Å². The van der Waals surface area contributed by atoms with Gasteiger partial charge >= 0.3 is 0 Å². The molecule has 2 aromatic rings. The molecule has 14 heavy (non-hydrogen) atoms. The molecule has 0 aliphatic carbocycles. The molecule has 4 heteroatoms. The predicted molar refractivity (Wildman–Crippen MR) is 55.2 cm³/mol. The summed E-state index contributed by atoms with van der Waals surface area (Å²) in [5.41, 5.74) is 7.74. The van der Waals surface area contributed by atoms with Crippen LogP contribution in [0, 0.1) is 13.8 Å². The lowest BCUT2D eigenvalue weighted by atomic mass is 10.3. The van der Waals surface area contributed by atoms with Gasteiger partial charge in [-0.1, -0.05) is 6.07 Å². The van der Waals surface area contributed by atoms with Crippen molar-refractivity contribution in [3.63, 3.8) is 0 Å². The van der Waals surface area contributed by atoms with Gasteiger partial charge in [0.25, 0.3) is 0 Å². The quantitative estimate of drug-likeness (QED) is 0.737. The number of pyridine rings is 1. The number of nitrogen functional groups attached to an aromatic ring is 1. The summed E-state index contributed by atoms with van der Waals surface area (Å²) < 4.78 is 1.68. The van der Waals surface area contributed by atoms with Crippen molar-refractivity contribution < 1.29 is 0 Å². The van der Waals surface area contributed by atoms with Crippen molar-refractivity contribution in [1.29, 1.82) is 0 Å². The number of nitrogens with two attached hydrogens (primary N) is 1. The number of rotatable bonds is 1. The molecule has 0 bridgehead atoms. The molecule has 0 saturated carbocycles. The zero-order chi connectivity index (χ0) is 10.1. The Kier molecular flexibility index (Phi) is 1.96. The number of anilines is 1. The van der Waals surface area contributed by atoms with E-state index in [-0.39, 0.29) is 0 Å². The van der Waals surface area contributed by atoms with Crippen LogP contribution in [-0.4, -0.2) is 14.8 Å². The van der Waals surface area contributed by atoms with Crippen LogP contribution in [-0.2, 0) is 0 Å². The van der Waals surface area contributed by atoms with Crippen molar-refractivity contribution in [3.05, 3.63) is 35.7 Å². The van der Waals surface area contributed by atoms with E-state index in [4.69, 9.17) is 5.73 Å². The molecule has 0 radical (unpaired) electrons. The Morgan fingerprint density at radius 2 is 2.07 bits per heavy atom. The molecule has 0 saturated heterocycles. The summed E-state index contributed by atoms with van der Waals surface area (Å²) in [6.45, 7) is 3.92. The first kappa shape index (κ1) is 8.74. The normalized spacial score (nSPS) is 10.4. The van der Waals surface area contributed by atoms with E-state index in [0.717, 1.165) is 16.9 Å². The number of hydrogen-bond donors (Lipinski definition) is 1. The first-order valence-electron chi connectivity index (χ1n) is 4.41. The molecule has 0 spiro atoms. The molecule has 2 heterocycles. The summed E-state index contributed by atoms with van der Waals surface area (Å²) in [4.78, 5) is 4.25. The van der Waals surface area contributed by atoms with E-state index >= 15 is 0 Å². The predicted octanol–water partition coefficient (Wildman–Crippen LogP) is 1.47. The Morgan fingerprint density at radius 3 is 2.57 bits per heavy atom. The lowest BCUT2D eigenvalue weighted by Gasteiger charge is -1.99. The fraction of sp³-hybridized carbons (Fsp3) is 0.200. The molecule has 0 unspecified atom stereocenters. The van der Waals surface area contributed by atoms with Gasteiger partial charge in [0, 0.05) is 18.0 Å². The fourth-order valence-electron chi connectivity index (χ4n) is 1.19. The minimum atomic E-state index is 0.548. The summed E-state index contributed by atoms with van der Waals surface area (Å²) in [5.74, 6) is 1.34. The highest BCUT2D eigenvalue weighted by atomic mass is 15.3. The molecule has 2 N–H and O–H groups in total. The summed E-state index contributed by atoms with van der Waals surface area (Å²) in [6.07, 6.45) is 3.68. The zero-order valence-electron chi connectivity index (χ0n) is 8.23. The number of hydrogen-bond acceptors (Lipinski definition) is 3. The van der Waals surface area contributed by atoms with Crippen LogP contribution < -0.4 is 5.73 Å². The van der Waals surface area contributed by atoms with Crippen LogP contribution in [0.1, 0.15) is 11.1 Å². The van der Waals surface area contributed by atoms with E-state index < -0.39 is 0 Å². The van der Waals surface area contributed by atoms with E-state index in [1.54, 1.807) is 4.68 Å². The summed E-state index contributed by atoms with van der Waals surface area (Å²) >= 11 is 0. The molecule has 72 valence electrons. The molecular formula is C10H12N4. The van der Waals surface area contributed by atoms with Crippen LogP contribution in [0.5, 0.6) is 0 Å². The minimum absolute atomic E-state index is 0.548. The Bertz CT molecular complexity index is 422. The number of nitrogens with zero attached hydrogens (tertiary/aromatic N) is 3. The fourth-order valence-corrected chi connectivity index (χ4v) is 1.19. The molecule has 0 fully saturated rings. The maximum absolute atomic E-state index is 5.65. The van der Waals surface area contributed by atoms with Gasteiger partial charge in [-0.25, -0.2) is 9.67 Å². The number of aryl methyl sites for hydroxylation is 2. The Balaban J connectivity index is 2.44. The van der Waals surface area contributed by atoms with Crippen LogP contribution in [0.2, 0.25) is 0 Å². The van der Waals surface area contributed by atoms with Gasteiger partial charge in [0.05, 0.1) is 0 Å². The average Bonchev–Trinajstić information content (AvgIpc) is 2.48. The second-order valence-corrected chi connectivity index (χ2v) is 3.34. The van der Waals surface area contributed by atoms with Crippen LogP contribution in [0.25, 0.3) is 5.82 Å². The van der Waals surface area contributed by atoms with Crippen molar-refractivity contribution in [2.24, 2.45) is 0 Å². The highest BCUT2D eigenvalue weighted by molar-refractivity contribution is 5.38. The van der Waals surface area contributed by atoms with Crippen molar-refractivity contribution in [1.82, 2.24) is 14.8 Å². The zero-order valence-corrected chi connectivity index (χ0v) is 8.23.